The molecule has 0 aromatic heterocycles. The van der Waals surface area contributed by atoms with Crippen molar-refractivity contribution in [1.29, 1.82) is 0 Å². The summed E-state index contributed by atoms with van der Waals surface area (Å²) in [5.41, 5.74) is -1.37. The molecule has 1 aliphatic rings. The van der Waals surface area contributed by atoms with Crippen molar-refractivity contribution >= 4 is 17.8 Å². The number of carboxylic acid groups (broad SMARTS) is 1. The lowest BCUT2D eigenvalue weighted by Crippen LogP contribution is -2.76. The highest BCUT2D eigenvalue weighted by Gasteiger charge is 2.66. The molecule has 2 N–H and O–H groups in total. The molecule has 7 nitrogen and oxygen atoms in total. The number of nitrogens with zero attached hydrogens (tertiary/aromatic N) is 1. The minimum absolute atomic E-state index is 0.168. The summed E-state index contributed by atoms with van der Waals surface area (Å²) in [7, 11) is 3.29. The van der Waals surface area contributed by atoms with Crippen LogP contribution in [0, 0.1) is 5.41 Å². The van der Waals surface area contributed by atoms with Crippen molar-refractivity contribution in [3.8, 4) is 0 Å². The summed E-state index contributed by atoms with van der Waals surface area (Å²) in [6, 6.07) is 6.15. The molecule has 1 fully saturated rings. The fraction of sp³-hybridized carbons (Fsp3) is 0.526. The second-order valence-corrected chi connectivity index (χ2v) is 7.31. The normalized spacial score (nSPS) is 23.7. The molecule has 2 rings (SSSR count). The van der Waals surface area contributed by atoms with Gasteiger partial charge in [0.2, 0.25) is 0 Å². The second kappa shape index (κ2) is 7.07. The van der Waals surface area contributed by atoms with Gasteiger partial charge in [0.1, 0.15) is 5.54 Å². The third-order valence-corrected chi connectivity index (χ3v) is 5.26. The molecule has 1 aliphatic carbocycles. The van der Waals surface area contributed by atoms with Gasteiger partial charge in [-0.25, -0.2) is 4.79 Å². The Balaban J connectivity index is 2.19. The van der Waals surface area contributed by atoms with Crippen molar-refractivity contribution in [1.82, 2.24) is 10.2 Å². The van der Waals surface area contributed by atoms with E-state index in [9.17, 15) is 19.5 Å². The number of carbonyl (C=O) groups excluding carboxylic acids is 2. The fourth-order valence-electron chi connectivity index (χ4n) is 3.33. The van der Waals surface area contributed by atoms with Gasteiger partial charge in [-0.3, -0.25) is 9.59 Å². The predicted octanol–water partition coefficient (Wildman–Crippen LogP) is 1.78. The van der Waals surface area contributed by atoms with E-state index < -0.39 is 22.8 Å². The number of nitrogens with one attached hydrogen (secondary N) is 1. The summed E-state index contributed by atoms with van der Waals surface area (Å²) in [6.45, 7) is 5.90. The van der Waals surface area contributed by atoms with Gasteiger partial charge in [0.25, 0.3) is 11.8 Å². The number of carboxylic acids is 1. The van der Waals surface area contributed by atoms with Crippen LogP contribution < -0.4 is 5.32 Å². The van der Waals surface area contributed by atoms with Gasteiger partial charge in [-0.05, 0) is 31.2 Å². The molecule has 1 saturated carbocycles. The number of benzene rings is 1. The Bertz CT molecular complexity index is 711. The van der Waals surface area contributed by atoms with Crippen LogP contribution in [0.15, 0.2) is 24.3 Å². The maximum Gasteiger partial charge on any atom is 0.330 e. The van der Waals surface area contributed by atoms with Gasteiger partial charge in [0.15, 0.2) is 0 Å². The van der Waals surface area contributed by atoms with Crippen LogP contribution >= 0.6 is 0 Å². The van der Waals surface area contributed by atoms with Crippen LogP contribution in [0.1, 0.15) is 47.9 Å². The summed E-state index contributed by atoms with van der Waals surface area (Å²) in [5.74, 6) is -1.73. The minimum atomic E-state index is -1.39. The molecule has 0 aliphatic heterocycles. The molecule has 26 heavy (non-hydrogen) atoms. The van der Waals surface area contributed by atoms with E-state index in [1.54, 1.807) is 40.1 Å². The summed E-state index contributed by atoms with van der Waals surface area (Å²) >= 11 is 0. The molecule has 2 unspecified atom stereocenters. The average molecular weight is 362 g/mol. The van der Waals surface area contributed by atoms with Crippen LogP contribution in [0.25, 0.3) is 0 Å². The van der Waals surface area contributed by atoms with Crippen LogP contribution in [-0.2, 0) is 9.53 Å². The van der Waals surface area contributed by atoms with E-state index in [1.165, 1.54) is 17.0 Å². The quantitative estimate of drug-likeness (QED) is 0.804. The van der Waals surface area contributed by atoms with E-state index in [0.717, 1.165) is 0 Å². The zero-order chi connectivity index (χ0) is 19.7. The standard InChI is InChI=1S/C19H26N2O5/c1-6-26-14-11-19(17(24)25,18(14,2)3)20-15(22)12-7-9-13(10-8-12)16(23)21(4)5/h7-10,14H,6,11H2,1-5H3,(H,20,22)(H,24,25). The first kappa shape index (κ1) is 19.9. The number of ether oxygens (including phenoxy) is 1. The van der Waals surface area contributed by atoms with Gasteiger partial charge >= 0.3 is 5.97 Å². The Labute approximate surface area is 153 Å². The summed E-state index contributed by atoms with van der Waals surface area (Å²) in [5, 5.41) is 12.4. The lowest BCUT2D eigenvalue weighted by atomic mass is 9.54. The van der Waals surface area contributed by atoms with Gasteiger partial charge in [0.05, 0.1) is 6.10 Å². The fourth-order valence-corrected chi connectivity index (χ4v) is 3.33. The summed E-state index contributed by atoms with van der Waals surface area (Å²) < 4.78 is 5.59. The highest BCUT2D eigenvalue weighted by atomic mass is 16.5. The molecule has 0 radical (unpaired) electrons. The lowest BCUT2D eigenvalue weighted by Gasteiger charge is -2.58. The van der Waals surface area contributed by atoms with Crippen molar-refractivity contribution in [2.45, 2.75) is 38.8 Å². The van der Waals surface area contributed by atoms with Crippen molar-refractivity contribution in [3.63, 3.8) is 0 Å². The minimum Gasteiger partial charge on any atom is -0.479 e. The van der Waals surface area contributed by atoms with Gasteiger partial charge in [-0.15, -0.1) is 0 Å². The molecule has 0 heterocycles. The molecule has 0 bridgehead atoms. The number of aliphatic carboxylic acids is 1. The Kier molecular flexibility index (Phi) is 5.41. The van der Waals surface area contributed by atoms with E-state index in [4.69, 9.17) is 4.74 Å². The van der Waals surface area contributed by atoms with Crippen molar-refractivity contribution in [2.75, 3.05) is 20.7 Å². The van der Waals surface area contributed by atoms with Crippen LogP contribution in [0.2, 0.25) is 0 Å². The van der Waals surface area contributed by atoms with E-state index in [1.807, 2.05) is 6.92 Å². The third-order valence-electron chi connectivity index (χ3n) is 5.26. The Morgan fingerprint density at radius 1 is 1.19 bits per heavy atom. The first-order valence-electron chi connectivity index (χ1n) is 8.56. The second-order valence-electron chi connectivity index (χ2n) is 7.31. The molecule has 1 aromatic rings. The molecule has 2 atom stereocenters. The molecule has 1 aromatic carbocycles. The van der Waals surface area contributed by atoms with Gasteiger partial charge in [-0.2, -0.15) is 0 Å². The van der Waals surface area contributed by atoms with Crippen molar-refractivity contribution in [2.24, 2.45) is 5.41 Å². The summed E-state index contributed by atoms with van der Waals surface area (Å²) in [4.78, 5) is 37.9. The monoisotopic (exact) mass is 362 g/mol. The molecule has 0 saturated heterocycles. The highest BCUT2D eigenvalue weighted by molar-refractivity contribution is 6.00. The molecule has 7 heteroatoms. The van der Waals surface area contributed by atoms with Crippen molar-refractivity contribution < 1.29 is 24.2 Å². The van der Waals surface area contributed by atoms with E-state index in [0.29, 0.717) is 17.7 Å². The highest BCUT2D eigenvalue weighted by Crippen LogP contribution is 2.51. The summed E-state index contributed by atoms with van der Waals surface area (Å²) in [6.07, 6.45) is -0.0180. The van der Waals surface area contributed by atoms with Crippen LogP contribution in [0.5, 0.6) is 0 Å². The Hall–Kier alpha value is -2.41. The number of hydrogen-bond acceptors (Lipinski definition) is 4. The average Bonchev–Trinajstić information content (AvgIpc) is 2.59. The van der Waals surface area contributed by atoms with Gasteiger partial charge in [0, 0.05) is 43.7 Å². The first-order chi connectivity index (χ1) is 12.1. The van der Waals surface area contributed by atoms with Gasteiger partial charge < -0.3 is 20.1 Å². The molecule has 0 spiro atoms. The van der Waals surface area contributed by atoms with Crippen LogP contribution in [-0.4, -0.2) is 60.1 Å². The molecule has 142 valence electrons. The van der Waals surface area contributed by atoms with Crippen molar-refractivity contribution in [3.05, 3.63) is 35.4 Å². The maximum atomic E-state index is 12.6. The predicted molar refractivity (Wildman–Crippen MR) is 96.1 cm³/mol. The number of carbonyl (C=O) groups is 3. The molecular weight excluding hydrogens is 336 g/mol. The van der Waals surface area contributed by atoms with Gasteiger partial charge in [-0.1, -0.05) is 13.8 Å². The third kappa shape index (κ3) is 3.19. The largest absolute Gasteiger partial charge is 0.479 e. The zero-order valence-corrected chi connectivity index (χ0v) is 15.8. The maximum absolute atomic E-state index is 12.6. The number of amides is 2. The molecule has 2 amide bonds. The zero-order valence-electron chi connectivity index (χ0n) is 15.8. The topological polar surface area (TPSA) is 95.9 Å². The number of hydrogen-bond donors (Lipinski definition) is 2. The lowest BCUT2D eigenvalue weighted by molar-refractivity contribution is -0.190. The Morgan fingerprint density at radius 3 is 2.15 bits per heavy atom. The van der Waals surface area contributed by atoms with E-state index in [2.05, 4.69) is 5.32 Å². The SMILES string of the molecule is CCOC1CC(NC(=O)c2ccc(C(=O)N(C)C)cc2)(C(=O)O)C1(C)C. The van der Waals surface area contributed by atoms with Crippen LogP contribution in [0.4, 0.5) is 0 Å². The first-order valence-corrected chi connectivity index (χ1v) is 8.56. The van der Waals surface area contributed by atoms with E-state index >= 15 is 0 Å². The van der Waals surface area contributed by atoms with Crippen LogP contribution in [0.3, 0.4) is 0 Å². The smallest absolute Gasteiger partial charge is 0.330 e. The molecular formula is C19H26N2O5. The van der Waals surface area contributed by atoms with E-state index in [-0.39, 0.29) is 18.4 Å². The number of rotatable bonds is 6. The Morgan fingerprint density at radius 2 is 1.73 bits per heavy atom.